The van der Waals surface area contributed by atoms with E-state index in [0.29, 0.717) is 29.6 Å². The lowest BCUT2D eigenvalue weighted by molar-refractivity contribution is -0.192. The number of aliphatic carboxylic acids is 1. The SMILES string of the molecule is Clc1cncc(OC[C@H]2CO[C@@H]3CN(C4CCC4)C[C@H]23)c1.O=C(O)C(F)(F)F. The van der Waals surface area contributed by atoms with Gasteiger partial charge in [0.25, 0.3) is 0 Å². The Bertz CT molecular complexity index is 687. The van der Waals surface area contributed by atoms with E-state index < -0.39 is 12.1 Å². The smallest absolute Gasteiger partial charge is 0.490 e. The first-order valence-electron chi connectivity index (χ1n) is 9.13. The summed E-state index contributed by atoms with van der Waals surface area (Å²) in [6, 6.07) is 2.63. The Morgan fingerprint density at radius 1 is 1.36 bits per heavy atom. The summed E-state index contributed by atoms with van der Waals surface area (Å²) in [4.78, 5) is 15.6. The normalized spacial score (nSPS) is 27.5. The molecule has 1 aliphatic carbocycles. The van der Waals surface area contributed by atoms with Crippen LogP contribution in [0.15, 0.2) is 18.5 Å². The number of carboxylic acids is 1. The van der Waals surface area contributed by atoms with Crippen LogP contribution in [0.25, 0.3) is 0 Å². The molecule has 2 aliphatic heterocycles. The average molecular weight is 423 g/mol. The van der Waals surface area contributed by atoms with Gasteiger partial charge in [0.1, 0.15) is 5.75 Å². The summed E-state index contributed by atoms with van der Waals surface area (Å²) >= 11 is 5.93. The second-order valence-electron chi connectivity index (χ2n) is 7.29. The number of aromatic nitrogens is 1. The van der Waals surface area contributed by atoms with Crippen molar-refractivity contribution >= 4 is 17.6 Å². The highest BCUT2D eigenvalue weighted by Gasteiger charge is 2.46. The lowest BCUT2D eigenvalue weighted by Gasteiger charge is -2.35. The molecule has 0 spiro atoms. The van der Waals surface area contributed by atoms with Crippen molar-refractivity contribution in [1.29, 1.82) is 0 Å². The minimum absolute atomic E-state index is 0.414. The average Bonchev–Trinajstić information content (AvgIpc) is 3.12. The van der Waals surface area contributed by atoms with E-state index in [0.717, 1.165) is 24.9 Å². The highest BCUT2D eigenvalue weighted by molar-refractivity contribution is 6.30. The highest BCUT2D eigenvalue weighted by atomic mass is 35.5. The molecule has 2 saturated heterocycles. The molecule has 1 saturated carbocycles. The highest BCUT2D eigenvalue weighted by Crippen LogP contribution is 2.38. The molecule has 1 aromatic rings. The van der Waals surface area contributed by atoms with Crippen molar-refractivity contribution in [2.24, 2.45) is 11.8 Å². The molecule has 10 heteroatoms. The molecule has 1 aromatic heterocycles. The fourth-order valence-electron chi connectivity index (χ4n) is 3.73. The molecule has 0 aromatic carbocycles. The molecule has 3 aliphatic rings. The lowest BCUT2D eigenvalue weighted by Crippen LogP contribution is -2.40. The van der Waals surface area contributed by atoms with Crippen molar-refractivity contribution in [1.82, 2.24) is 9.88 Å². The maximum atomic E-state index is 10.6. The molecule has 3 atom stereocenters. The number of nitrogens with zero attached hydrogens (tertiary/aromatic N) is 2. The van der Waals surface area contributed by atoms with Crippen LogP contribution < -0.4 is 4.74 Å². The minimum atomic E-state index is -5.08. The van der Waals surface area contributed by atoms with Crippen LogP contribution in [0.4, 0.5) is 13.2 Å². The first-order valence-corrected chi connectivity index (χ1v) is 9.51. The zero-order valence-corrected chi connectivity index (χ0v) is 15.8. The maximum absolute atomic E-state index is 10.6. The summed E-state index contributed by atoms with van der Waals surface area (Å²) < 4.78 is 43.6. The van der Waals surface area contributed by atoms with Gasteiger partial charge in [-0.3, -0.25) is 9.88 Å². The lowest BCUT2D eigenvalue weighted by atomic mass is 9.91. The van der Waals surface area contributed by atoms with Gasteiger partial charge in [0.15, 0.2) is 0 Å². The van der Waals surface area contributed by atoms with E-state index in [-0.39, 0.29) is 0 Å². The second kappa shape index (κ2) is 8.84. The van der Waals surface area contributed by atoms with Crippen LogP contribution in [0.3, 0.4) is 0 Å². The van der Waals surface area contributed by atoms with Crippen molar-refractivity contribution in [2.45, 2.75) is 37.6 Å². The third-order valence-electron chi connectivity index (χ3n) is 5.44. The van der Waals surface area contributed by atoms with Crippen molar-refractivity contribution in [3.05, 3.63) is 23.5 Å². The molecule has 0 radical (unpaired) electrons. The summed E-state index contributed by atoms with van der Waals surface area (Å²) in [6.45, 7) is 3.81. The summed E-state index contributed by atoms with van der Waals surface area (Å²) in [7, 11) is 0. The van der Waals surface area contributed by atoms with Gasteiger partial charge in [0, 0.05) is 43.2 Å². The van der Waals surface area contributed by atoms with E-state index >= 15 is 0 Å². The fourth-order valence-corrected chi connectivity index (χ4v) is 3.89. The molecular weight excluding hydrogens is 401 g/mol. The van der Waals surface area contributed by atoms with Crippen LogP contribution in [0.1, 0.15) is 19.3 Å². The Morgan fingerprint density at radius 2 is 2.07 bits per heavy atom. The van der Waals surface area contributed by atoms with E-state index in [1.165, 1.54) is 25.8 Å². The van der Waals surface area contributed by atoms with Crippen molar-refractivity contribution in [3.63, 3.8) is 0 Å². The molecular formula is C18H22ClF3N2O4. The van der Waals surface area contributed by atoms with Gasteiger partial charge in [-0.1, -0.05) is 18.0 Å². The molecule has 4 rings (SSSR count). The minimum Gasteiger partial charge on any atom is -0.492 e. The van der Waals surface area contributed by atoms with Gasteiger partial charge < -0.3 is 14.6 Å². The van der Waals surface area contributed by atoms with Crippen LogP contribution >= 0.6 is 11.6 Å². The summed E-state index contributed by atoms with van der Waals surface area (Å²) in [6.07, 6.45) is 2.80. The monoisotopic (exact) mass is 422 g/mol. The Kier molecular flexibility index (Phi) is 6.67. The number of carboxylic acid groups (broad SMARTS) is 1. The van der Waals surface area contributed by atoms with E-state index in [2.05, 4.69) is 9.88 Å². The van der Waals surface area contributed by atoms with Crippen LogP contribution in [-0.4, -0.2) is 65.6 Å². The third kappa shape index (κ3) is 5.27. The Balaban J connectivity index is 0.000000279. The summed E-state index contributed by atoms with van der Waals surface area (Å²) in [5.41, 5.74) is 0. The molecule has 3 fully saturated rings. The van der Waals surface area contributed by atoms with Gasteiger partial charge in [-0.15, -0.1) is 0 Å². The number of fused-ring (bicyclic) bond motifs is 1. The standard InChI is InChI=1S/C16H21ClN2O2.C2HF3O2/c17-12-4-14(6-18-5-12)20-9-11-10-21-16-8-19(7-15(11)16)13-2-1-3-13;3-2(4,5)1(6)7/h4-6,11,13,15-16H,1-3,7-10H2;(H,6,7)/t11-,15+,16+;/m0./s1. The molecule has 1 N–H and O–H groups in total. The van der Waals surface area contributed by atoms with Gasteiger partial charge in [0.05, 0.1) is 30.5 Å². The number of ether oxygens (including phenoxy) is 2. The van der Waals surface area contributed by atoms with Gasteiger partial charge >= 0.3 is 12.1 Å². The Hall–Kier alpha value is -1.58. The number of likely N-dealkylation sites (tertiary alicyclic amines) is 1. The Labute approximate surface area is 165 Å². The number of halogens is 4. The van der Waals surface area contributed by atoms with Crippen LogP contribution in [-0.2, 0) is 9.53 Å². The number of carbonyl (C=O) groups is 1. The fraction of sp³-hybridized carbons (Fsp3) is 0.667. The maximum Gasteiger partial charge on any atom is 0.490 e. The zero-order valence-electron chi connectivity index (χ0n) is 15.1. The Morgan fingerprint density at radius 3 is 2.64 bits per heavy atom. The first-order chi connectivity index (χ1) is 13.2. The number of alkyl halides is 3. The molecule has 28 heavy (non-hydrogen) atoms. The molecule has 0 amide bonds. The van der Waals surface area contributed by atoms with E-state index in [1.54, 1.807) is 12.4 Å². The van der Waals surface area contributed by atoms with Crippen LogP contribution in [0.5, 0.6) is 5.75 Å². The summed E-state index contributed by atoms with van der Waals surface area (Å²) in [5, 5.41) is 7.74. The van der Waals surface area contributed by atoms with E-state index in [9.17, 15) is 13.2 Å². The van der Waals surface area contributed by atoms with E-state index in [4.69, 9.17) is 31.0 Å². The largest absolute Gasteiger partial charge is 0.492 e. The second-order valence-corrected chi connectivity index (χ2v) is 7.72. The third-order valence-corrected chi connectivity index (χ3v) is 5.65. The molecule has 6 nitrogen and oxygen atoms in total. The van der Waals surface area contributed by atoms with Crippen LogP contribution in [0.2, 0.25) is 5.02 Å². The van der Waals surface area contributed by atoms with Crippen molar-refractivity contribution in [2.75, 3.05) is 26.3 Å². The quantitative estimate of drug-likeness (QED) is 0.803. The van der Waals surface area contributed by atoms with E-state index in [1.807, 2.05) is 6.07 Å². The number of pyridine rings is 1. The van der Waals surface area contributed by atoms with Gasteiger partial charge in [0.2, 0.25) is 0 Å². The molecule has 0 unspecified atom stereocenters. The summed E-state index contributed by atoms with van der Waals surface area (Å²) in [5.74, 6) is -0.899. The number of rotatable bonds is 4. The molecule has 3 heterocycles. The van der Waals surface area contributed by atoms with Gasteiger partial charge in [-0.25, -0.2) is 4.79 Å². The van der Waals surface area contributed by atoms with Gasteiger partial charge in [-0.05, 0) is 12.8 Å². The van der Waals surface area contributed by atoms with Gasteiger partial charge in [-0.2, -0.15) is 13.2 Å². The van der Waals surface area contributed by atoms with Crippen molar-refractivity contribution < 1.29 is 32.5 Å². The predicted molar refractivity (Wildman–Crippen MR) is 94.4 cm³/mol. The zero-order chi connectivity index (χ0) is 20.3. The number of hydrogen-bond donors (Lipinski definition) is 1. The topological polar surface area (TPSA) is 71.9 Å². The van der Waals surface area contributed by atoms with Crippen LogP contribution in [0, 0.1) is 11.8 Å². The first kappa shape index (κ1) is 21.1. The predicted octanol–water partition coefficient (Wildman–Crippen LogP) is 3.25. The number of hydrogen-bond acceptors (Lipinski definition) is 5. The molecule has 156 valence electrons. The van der Waals surface area contributed by atoms with Crippen molar-refractivity contribution in [3.8, 4) is 5.75 Å². The molecule has 0 bridgehead atoms.